The fourth-order valence-electron chi connectivity index (χ4n) is 4.46. The number of hydrogen-bond acceptors (Lipinski definition) is 6. The summed E-state index contributed by atoms with van der Waals surface area (Å²) in [6.45, 7) is 3.44. The lowest BCUT2D eigenvalue weighted by atomic mass is 10.0. The normalized spacial score (nSPS) is 11.2. The second kappa shape index (κ2) is 10.8. The molecule has 0 aliphatic rings. The van der Waals surface area contributed by atoms with E-state index in [0.717, 1.165) is 16.7 Å². The van der Waals surface area contributed by atoms with Crippen molar-refractivity contribution in [3.63, 3.8) is 0 Å². The summed E-state index contributed by atoms with van der Waals surface area (Å²) < 4.78 is 3.23. The van der Waals surface area contributed by atoms with Crippen molar-refractivity contribution in [3.05, 3.63) is 99.0 Å². The summed E-state index contributed by atoms with van der Waals surface area (Å²) in [5.74, 6) is -0.738. The van der Waals surface area contributed by atoms with Crippen LogP contribution in [0.2, 0.25) is 5.02 Å². The minimum Gasteiger partial charge on any atom is -0.480 e. The van der Waals surface area contributed by atoms with Gasteiger partial charge in [-0.2, -0.15) is 0 Å². The maximum Gasteiger partial charge on any atom is 0.323 e. The SMILES string of the molecule is CCc1cc(C(=O)c2ccccc2Cl)c(-n2c(C)nnc2CNC(=O)c2cc3ccccc3n2CC(=O)O)s1. The number of nitrogens with one attached hydrogen (secondary N) is 1. The van der Waals surface area contributed by atoms with Crippen LogP contribution in [0.1, 0.15) is 49.9 Å². The molecule has 0 saturated heterocycles. The number of thiophene rings is 1. The van der Waals surface area contributed by atoms with Gasteiger partial charge in [0.2, 0.25) is 0 Å². The molecule has 0 fully saturated rings. The van der Waals surface area contributed by atoms with Crippen molar-refractivity contribution in [2.75, 3.05) is 0 Å². The molecule has 0 aliphatic carbocycles. The smallest absolute Gasteiger partial charge is 0.323 e. The number of fused-ring (bicyclic) bond motifs is 1. The Balaban J connectivity index is 1.48. The third kappa shape index (κ3) is 5.08. The highest BCUT2D eigenvalue weighted by Crippen LogP contribution is 2.32. The number of benzene rings is 2. The highest BCUT2D eigenvalue weighted by atomic mass is 35.5. The lowest BCUT2D eigenvalue weighted by molar-refractivity contribution is -0.137. The highest BCUT2D eigenvalue weighted by Gasteiger charge is 2.24. The number of aromatic nitrogens is 4. The van der Waals surface area contributed by atoms with Gasteiger partial charge in [0.05, 0.1) is 17.1 Å². The summed E-state index contributed by atoms with van der Waals surface area (Å²) >= 11 is 7.78. The molecule has 5 rings (SSSR count). The van der Waals surface area contributed by atoms with Crippen LogP contribution < -0.4 is 5.32 Å². The largest absolute Gasteiger partial charge is 0.480 e. The Labute approximate surface area is 232 Å². The van der Waals surface area contributed by atoms with E-state index in [1.807, 2.05) is 25.1 Å². The number of nitrogens with zero attached hydrogens (tertiary/aromatic N) is 4. The minimum absolute atomic E-state index is 0.00729. The Morgan fingerprint density at radius 1 is 1.03 bits per heavy atom. The van der Waals surface area contributed by atoms with Crippen LogP contribution in [0, 0.1) is 6.92 Å². The van der Waals surface area contributed by atoms with Gasteiger partial charge in [-0.15, -0.1) is 21.5 Å². The summed E-state index contributed by atoms with van der Waals surface area (Å²) in [5.41, 5.74) is 1.74. The number of carboxylic acid groups (broad SMARTS) is 1. The van der Waals surface area contributed by atoms with E-state index in [1.165, 1.54) is 15.9 Å². The Morgan fingerprint density at radius 3 is 2.51 bits per heavy atom. The lowest BCUT2D eigenvalue weighted by Crippen LogP contribution is -2.28. The van der Waals surface area contributed by atoms with Crippen LogP contribution in [-0.2, 0) is 24.3 Å². The van der Waals surface area contributed by atoms with Gasteiger partial charge in [0.25, 0.3) is 5.91 Å². The minimum atomic E-state index is -1.05. The molecule has 0 atom stereocenters. The molecule has 0 bridgehead atoms. The summed E-state index contributed by atoms with van der Waals surface area (Å²) in [5, 5.41) is 22.5. The third-order valence-electron chi connectivity index (χ3n) is 6.31. The van der Waals surface area contributed by atoms with Gasteiger partial charge in [0.15, 0.2) is 11.6 Å². The molecule has 0 unspecified atom stereocenters. The zero-order valence-corrected chi connectivity index (χ0v) is 22.7. The van der Waals surface area contributed by atoms with Gasteiger partial charge in [-0.1, -0.05) is 48.9 Å². The Kier molecular flexibility index (Phi) is 7.32. The first-order valence-electron chi connectivity index (χ1n) is 12.2. The summed E-state index contributed by atoms with van der Waals surface area (Å²) in [6.07, 6.45) is 0.731. The highest BCUT2D eigenvalue weighted by molar-refractivity contribution is 7.15. The molecule has 0 aliphatic heterocycles. The second-order valence-electron chi connectivity index (χ2n) is 8.84. The average molecular weight is 562 g/mol. The number of aliphatic carboxylic acids is 1. The number of rotatable bonds is 9. The molecular formula is C28H24ClN5O4S. The molecular weight excluding hydrogens is 538 g/mol. The number of para-hydroxylation sites is 1. The lowest BCUT2D eigenvalue weighted by Gasteiger charge is -2.12. The van der Waals surface area contributed by atoms with Crippen molar-refractivity contribution in [2.24, 2.45) is 0 Å². The number of carboxylic acids is 1. The van der Waals surface area contributed by atoms with Gasteiger partial charge in [-0.05, 0) is 43.7 Å². The van der Waals surface area contributed by atoms with Gasteiger partial charge in [-0.25, -0.2) is 0 Å². The van der Waals surface area contributed by atoms with Crippen molar-refractivity contribution in [2.45, 2.75) is 33.4 Å². The molecule has 198 valence electrons. The monoisotopic (exact) mass is 561 g/mol. The zero-order valence-electron chi connectivity index (χ0n) is 21.1. The topological polar surface area (TPSA) is 119 Å². The van der Waals surface area contributed by atoms with Gasteiger partial charge in [0, 0.05) is 21.3 Å². The number of aryl methyl sites for hydroxylation is 2. The van der Waals surface area contributed by atoms with E-state index in [1.54, 1.807) is 54.0 Å². The van der Waals surface area contributed by atoms with E-state index in [2.05, 4.69) is 15.5 Å². The number of hydrogen-bond donors (Lipinski definition) is 2. The van der Waals surface area contributed by atoms with Gasteiger partial charge in [0.1, 0.15) is 23.1 Å². The van der Waals surface area contributed by atoms with Crippen LogP contribution in [0.4, 0.5) is 0 Å². The van der Waals surface area contributed by atoms with Gasteiger partial charge < -0.3 is 15.0 Å². The van der Waals surface area contributed by atoms with Crippen molar-refractivity contribution in [3.8, 4) is 5.00 Å². The van der Waals surface area contributed by atoms with Crippen LogP contribution in [0.5, 0.6) is 0 Å². The summed E-state index contributed by atoms with van der Waals surface area (Å²) in [4.78, 5) is 39.3. The van der Waals surface area contributed by atoms with Crippen molar-refractivity contribution in [1.82, 2.24) is 24.6 Å². The number of amides is 1. The standard InChI is InChI=1S/C28H24ClN5O4S/c1-3-18-13-20(26(37)19-9-5-6-10-21(19)29)28(39-18)34-16(2)31-32-24(34)14-30-27(38)23-12-17-8-4-7-11-22(17)33(23)15-25(35)36/h4-13H,3,14-15H2,1-2H3,(H,30,38)(H,35,36). The van der Waals surface area contributed by atoms with Crippen molar-refractivity contribution in [1.29, 1.82) is 0 Å². The first-order valence-corrected chi connectivity index (χ1v) is 13.4. The molecule has 2 aromatic carbocycles. The van der Waals surface area contributed by atoms with Crippen LogP contribution >= 0.6 is 22.9 Å². The molecule has 3 aromatic heterocycles. The Bertz CT molecular complexity index is 1730. The molecule has 3 heterocycles. The Morgan fingerprint density at radius 2 is 1.77 bits per heavy atom. The third-order valence-corrected chi connectivity index (χ3v) is 7.91. The van der Waals surface area contributed by atoms with E-state index in [0.29, 0.717) is 38.3 Å². The van der Waals surface area contributed by atoms with Crippen LogP contribution in [0.3, 0.4) is 0 Å². The van der Waals surface area contributed by atoms with Crippen LogP contribution in [0.15, 0.2) is 60.7 Å². The van der Waals surface area contributed by atoms with E-state index in [4.69, 9.17) is 11.6 Å². The number of carbonyl (C=O) groups excluding carboxylic acids is 2. The van der Waals surface area contributed by atoms with Crippen molar-refractivity contribution >= 4 is 51.5 Å². The van der Waals surface area contributed by atoms with Crippen molar-refractivity contribution < 1.29 is 19.5 Å². The van der Waals surface area contributed by atoms with E-state index in [-0.39, 0.29) is 24.6 Å². The zero-order chi connectivity index (χ0) is 27.7. The molecule has 2 N–H and O–H groups in total. The predicted molar refractivity (Wildman–Crippen MR) is 149 cm³/mol. The maximum absolute atomic E-state index is 13.5. The predicted octanol–water partition coefficient (Wildman–Crippen LogP) is 5.05. The van der Waals surface area contributed by atoms with E-state index in [9.17, 15) is 19.5 Å². The molecule has 0 spiro atoms. The molecule has 5 aromatic rings. The van der Waals surface area contributed by atoms with Gasteiger partial charge in [-0.3, -0.25) is 19.0 Å². The fourth-order valence-corrected chi connectivity index (χ4v) is 5.85. The summed E-state index contributed by atoms with van der Waals surface area (Å²) in [6, 6.07) is 17.6. The van der Waals surface area contributed by atoms with E-state index < -0.39 is 11.9 Å². The molecule has 1 amide bonds. The van der Waals surface area contributed by atoms with Crippen LogP contribution in [0.25, 0.3) is 15.9 Å². The first-order chi connectivity index (χ1) is 18.8. The van der Waals surface area contributed by atoms with Crippen LogP contribution in [-0.4, -0.2) is 42.1 Å². The maximum atomic E-state index is 13.5. The average Bonchev–Trinajstić information content (AvgIpc) is 3.62. The van der Waals surface area contributed by atoms with E-state index >= 15 is 0 Å². The van der Waals surface area contributed by atoms with Gasteiger partial charge >= 0.3 is 5.97 Å². The first kappa shape index (κ1) is 26.3. The Hall–Kier alpha value is -4.28. The second-order valence-corrected chi connectivity index (χ2v) is 10.4. The molecule has 0 radical (unpaired) electrons. The molecule has 0 saturated carbocycles. The number of ketones is 1. The summed E-state index contributed by atoms with van der Waals surface area (Å²) in [7, 11) is 0. The molecule has 39 heavy (non-hydrogen) atoms. The molecule has 9 nitrogen and oxygen atoms in total. The quantitative estimate of drug-likeness (QED) is 0.243. The number of carbonyl (C=O) groups is 3. The number of halogens is 1. The molecule has 11 heteroatoms. The fraction of sp³-hybridized carbons (Fsp3) is 0.179.